The molecule has 0 amide bonds. The molecule has 5 heteroatoms. The number of alkyl halides is 1. The molecule has 0 aromatic heterocycles. The molecule has 4 nitrogen and oxygen atoms in total. The fraction of sp³-hybridized carbons (Fsp3) is 0.500. The first-order valence-corrected chi connectivity index (χ1v) is 4.02. The van der Waals surface area contributed by atoms with Gasteiger partial charge in [-0.05, 0) is 0 Å². The van der Waals surface area contributed by atoms with Crippen LogP contribution in [-0.4, -0.2) is 11.4 Å². The molecule has 0 saturated carbocycles. The molecule has 0 fully saturated rings. The summed E-state index contributed by atoms with van der Waals surface area (Å²) in [6, 6.07) is 1.74. The Morgan fingerprint density at radius 1 is 1.73 bits per heavy atom. The molecule has 0 bridgehead atoms. The van der Waals surface area contributed by atoms with Crippen molar-refractivity contribution in [2.75, 3.05) is 6.54 Å². The Kier molecular flexibility index (Phi) is 4.46. The lowest BCUT2D eigenvalue weighted by Crippen LogP contribution is -2.28. The Balaban J connectivity index is 3.89. The first-order chi connectivity index (χ1) is 5.07. The highest BCUT2D eigenvalue weighted by atomic mass is 79.9. The van der Waals surface area contributed by atoms with E-state index in [0.717, 1.165) is 0 Å². The van der Waals surface area contributed by atoms with Crippen LogP contribution in [0.4, 0.5) is 0 Å². The van der Waals surface area contributed by atoms with E-state index in [1.54, 1.807) is 6.07 Å². The zero-order valence-electron chi connectivity index (χ0n) is 6.26. The summed E-state index contributed by atoms with van der Waals surface area (Å²) in [7, 11) is 0. The average molecular weight is 219 g/mol. The molecular weight excluding hydrogens is 208 g/mol. The predicted molar refractivity (Wildman–Crippen MR) is 47.4 cm³/mol. The Morgan fingerprint density at radius 3 is 2.64 bits per heavy atom. The van der Waals surface area contributed by atoms with Gasteiger partial charge in [-0.2, -0.15) is 5.26 Å². The third-order valence-corrected chi connectivity index (χ3v) is 1.31. The number of nitrogens with two attached hydrogens (primary N) is 2. The van der Waals surface area contributed by atoms with Crippen LogP contribution >= 0.6 is 15.9 Å². The molecule has 0 aliphatic rings. The van der Waals surface area contributed by atoms with Gasteiger partial charge in [0.25, 0.3) is 0 Å². The number of hydrogen-bond acceptors (Lipinski definition) is 4. The van der Waals surface area contributed by atoms with Crippen molar-refractivity contribution >= 4 is 15.9 Å². The van der Waals surface area contributed by atoms with E-state index in [9.17, 15) is 0 Å². The third-order valence-electron chi connectivity index (χ3n) is 0.984. The van der Waals surface area contributed by atoms with E-state index in [1.807, 2.05) is 6.92 Å². The van der Waals surface area contributed by atoms with Crippen molar-refractivity contribution in [3.8, 4) is 6.07 Å². The van der Waals surface area contributed by atoms with Gasteiger partial charge in [0.2, 0.25) is 0 Å². The quantitative estimate of drug-likeness (QED) is 0.459. The van der Waals surface area contributed by atoms with E-state index in [0.29, 0.717) is 11.4 Å². The number of hydrogen-bond donors (Lipinski definition) is 3. The first kappa shape index (κ1) is 10.1. The van der Waals surface area contributed by atoms with Crippen LogP contribution in [0.5, 0.6) is 0 Å². The fourth-order valence-electron chi connectivity index (χ4n) is 0.406. The molecule has 5 N–H and O–H groups in total. The van der Waals surface area contributed by atoms with Crippen LogP contribution in [0.2, 0.25) is 0 Å². The minimum absolute atomic E-state index is 0.0261. The van der Waals surface area contributed by atoms with Gasteiger partial charge < -0.3 is 16.8 Å². The zero-order chi connectivity index (χ0) is 8.85. The highest BCUT2D eigenvalue weighted by Gasteiger charge is 1.98. The number of nitriles is 1. The summed E-state index contributed by atoms with van der Waals surface area (Å²) >= 11 is 3.31. The fourth-order valence-corrected chi connectivity index (χ4v) is 0.568. The second-order valence-corrected chi connectivity index (χ2v) is 3.66. The third kappa shape index (κ3) is 4.51. The molecule has 0 aromatic carbocycles. The van der Waals surface area contributed by atoms with Gasteiger partial charge in [0.05, 0.1) is 0 Å². The Bertz CT molecular complexity index is 191. The van der Waals surface area contributed by atoms with E-state index in [2.05, 4.69) is 21.2 Å². The average Bonchev–Trinajstić information content (AvgIpc) is 1.98. The molecule has 0 saturated heterocycles. The van der Waals surface area contributed by atoms with Crippen LogP contribution in [-0.2, 0) is 0 Å². The maximum atomic E-state index is 8.31. The standard InChI is InChI=1S/C6H11BrN4/c1-4(7)3-11-6(10)5(9)2-8/h4,11H,3,9-10H2,1H3/b6-5-. The Labute approximate surface area is 74.4 Å². The van der Waals surface area contributed by atoms with Crippen molar-refractivity contribution in [3.63, 3.8) is 0 Å². The lowest BCUT2D eigenvalue weighted by molar-refractivity contribution is 0.771. The summed E-state index contributed by atoms with van der Waals surface area (Å²) in [5, 5.41) is 11.1. The van der Waals surface area contributed by atoms with Crippen molar-refractivity contribution in [2.24, 2.45) is 11.5 Å². The molecule has 1 unspecified atom stereocenters. The molecule has 11 heavy (non-hydrogen) atoms. The van der Waals surface area contributed by atoms with Crippen LogP contribution < -0.4 is 16.8 Å². The normalized spacial score (nSPS) is 14.6. The van der Waals surface area contributed by atoms with Gasteiger partial charge in [-0.1, -0.05) is 22.9 Å². The largest absolute Gasteiger partial charge is 0.387 e. The van der Waals surface area contributed by atoms with E-state index < -0.39 is 0 Å². The van der Waals surface area contributed by atoms with Crippen LogP contribution in [0.3, 0.4) is 0 Å². The number of nitrogens with one attached hydrogen (secondary N) is 1. The second kappa shape index (κ2) is 4.85. The summed E-state index contributed by atoms with van der Waals surface area (Å²) in [6.07, 6.45) is 0. The maximum absolute atomic E-state index is 8.31. The molecule has 0 aliphatic carbocycles. The van der Waals surface area contributed by atoms with Crippen LogP contribution in [0, 0.1) is 11.3 Å². The van der Waals surface area contributed by atoms with Gasteiger partial charge in [-0.3, -0.25) is 0 Å². The Morgan fingerprint density at radius 2 is 2.27 bits per heavy atom. The van der Waals surface area contributed by atoms with Crippen molar-refractivity contribution in [2.45, 2.75) is 11.8 Å². The molecule has 0 rings (SSSR count). The van der Waals surface area contributed by atoms with Crippen molar-refractivity contribution in [3.05, 3.63) is 11.5 Å². The van der Waals surface area contributed by atoms with Gasteiger partial charge in [-0.15, -0.1) is 0 Å². The van der Waals surface area contributed by atoms with E-state index in [1.165, 1.54) is 0 Å². The van der Waals surface area contributed by atoms with Crippen LogP contribution in [0.1, 0.15) is 6.92 Å². The molecule has 0 radical (unpaired) electrons. The van der Waals surface area contributed by atoms with Crippen LogP contribution in [0.25, 0.3) is 0 Å². The van der Waals surface area contributed by atoms with Crippen molar-refractivity contribution in [1.29, 1.82) is 5.26 Å². The molecule has 0 spiro atoms. The monoisotopic (exact) mass is 218 g/mol. The van der Waals surface area contributed by atoms with Crippen molar-refractivity contribution in [1.82, 2.24) is 5.32 Å². The minimum Gasteiger partial charge on any atom is -0.387 e. The van der Waals surface area contributed by atoms with Gasteiger partial charge in [0.15, 0.2) is 5.70 Å². The number of allylic oxidation sites excluding steroid dienone is 1. The second-order valence-electron chi connectivity index (χ2n) is 2.10. The lowest BCUT2D eigenvalue weighted by Gasteiger charge is -2.07. The van der Waals surface area contributed by atoms with Crippen LogP contribution in [0.15, 0.2) is 11.5 Å². The van der Waals surface area contributed by atoms with Gasteiger partial charge in [-0.25, -0.2) is 0 Å². The first-order valence-electron chi connectivity index (χ1n) is 3.11. The SMILES string of the molecule is CC(Br)CN/C(N)=C(\N)C#N. The number of halogens is 1. The molecule has 0 aliphatic heterocycles. The lowest BCUT2D eigenvalue weighted by atomic mass is 10.4. The van der Waals surface area contributed by atoms with E-state index >= 15 is 0 Å². The highest BCUT2D eigenvalue weighted by molar-refractivity contribution is 9.09. The highest BCUT2D eigenvalue weighted by Crippen LogP contribution is 1.95. The van der Waals surface area contributed by atoms with Gasteiger partial charge in [0.1, 0.15) is 11.9 Å². The van der Waals surface area contributed by atoms with Crippen molar-refractivity contribution < 1.29 is 0 Å². The summed E-state index contributed by atoms with van der Waals surface area (Å²) < 4.78 is 0. The molecular formula is C6H11BrN4. The number of nitrogens with zero attached hydrogens (tertiary/aromatic N) is 1. The number of rotatable bonds is 3. The molecule has 0 aromatic rings. The minimum atomic E-state index is 0.0261. The summed E-state index contributed by atoms with van der Waals surface area (Å²) in [5.74, 6) is 0.235. The smallest absolute Gasteiger partial charge is 0.151 e. The predicted octanol–water partition coefficient (Wildman–Crippen LogP) is -0.0305. The molecule has 1 atom stereocenters. The topological polar surface area (TPSA) is 87.9 Å². The Hall–Kier alpha value is -0.890. The van der Waals surface area contributed by atoms with E-state index in [4.69, 9.17) is 16.7 Å². The van der Waals surface area contributed by atoms with Gasteiger partial charge >= 0.3 is 0 Å². The summed E-state index contributed by atoms with van der Waals surface area (Å²) in [4.78, 5) is 0.299. The summed E-state index contributed by atoms with van der Waals surface area (Å²) in [5.41, 5.74) is 10.6. The molecule has 62 valence electrons. The van der Waals surface area contributed by atoms with E-state index in [-0.39, 0.29) is 11.5 Å². The molecule has 0 heterocycles. The maximum Gasteiger partial charge on any atom is 0.151 e. The van der Waals surface area contributed by atoms with Gasteiger partial charge in [0, 0.05) is 11.4 Å². The summed E-state index contributed by atoms with van der Waals surface area (Å²) in [6.45, 7) is 2.61. The zero-order valence-corrected chi connectivity index (χ0v) is 7.85.